The molecular weight excluding hydrogens is 697 g/mol. The average Bonchev–Trinajstić information content (AvgIpc) is 3.69. The molecule has 3 aromatic rings. The van der Waals surface area contributed by atoms with Crippen molar-refractivity contribution < 1.29 is 28.7 Å². The molecule has 2 saturated heterocycles. The van der Waals surface area contributed by atoms with Gasteiger partial charge in [-0.3, -0.25) is 39.1 Å². The Kier molecular flexibility index (Phi) is 8.84. The van der Waals surface area contributed by atoms with Gasteiger partial charge >= 0.3 is 0 Å². The van der Waals surface area contributed by atoms with Crippen LogP contribution in [0, 0.1) is 29.1 Å². The van der Waals surface area contributed by atoms with Crippen molar-refractivity contribution in [2.75, 3.05) is 18.0 Å². The highest BCUT2D eigenvalue weighted by atomic mass is 16.5. The zero-order chi connectivity index (χ0) is 39.0. The molecule has 0 spiro atoms. The molecule has 1 saturated carbocycles. The van der Waals surface area contributed by atoms with E-state index >= 15 is 0 Å². The van der Waals surface area contributed by atoms with Crippen LogP contribution >= 0.6 is 0 Å². The first-order valence-corrected chi connectivity index (χ1v) is 19.1. The van der Waals surface area contributed by atoms with Gasteiger partial charge in [-0.1, -0.05) is 27.7 Å². The van der Waals surface area contributed by atoms with Crippen LogP contribution in [-0.4, -0.2) is 76.7 Å². The number of carbonyl (C=O) groups excluding carboxylic acids is 5. The van der Waals surface area contributed by atoms with Gasteiger partial charge in [0.2, 0.25) is 11.8 Å². The van der Waals surface area contributed by atoms with E-state index in [1.54, 1.807) is 6.07 Å². The highest BCUT2D eigenvalue weighted by Gasteiger charge is 2.64. The molecule has 1 aliphatic carbocycles. The second-order valence-corrected chi connectivity index (χ2v) is 16.9. The molecule has 3 fully saturated rings. The number of fused-ring (bicyclic) bond motifs is 2. The number of hydrogen-bond donors (Lipinski definition) is 2. The normalized spacial score (nSPS) is 24.5. The molecule has 12 nitrogen and oxygen atoms in total. The molecule has 0 aromatic heterocycles. The molecule has 0 bridgehead atoms. The number of nitriles is 1. The molecule has 8 rings (SSSR count). The Morgan fingerprint density at radius 3 is 2.05 bits per heavy atom. The quantitative estimate of drug-likeness (QED) is 0.323. The minimum absolute atomic E-state index is 0.0925. The number of benzene rings is 3. The maximum Gasteiger partial charge on any atom is 0.262 e. The lowest BCUT2D eigenvalue weighted by Crippen LogP contribution is -2.74. The summed E-state index contributed by atoms with van der Waals surface area (Å²) in [5.74, 6) is -1.34. The van der Waals surface area contributed by atoms with Crippen molar-refractivity contribution in [2.24, 2.45) is 10.8 Å². The second-order valence-electron chi connectivity index (χ2n) is 16.9. The number of nitrogens with one attached hydrogen (secondary N) is 2. The van der Waals surface area contributed by atoms with Gasteiger partial charge < -0.3 is 15.0 Å². The van der Waals surface area contributed by atoms with Crippen molar-refractivity contribution in [1.29, 1.82) is 5.26 Å². The van der Waals surface area contributed by atoms with Gasteiger partial charge in [0.05, 0.1) is 22.8 Å². The minimum Gasteiger partial charge on any atom is -0.489 e. The number of aryl methyl sites for hydroxylation is 1. The number of carbonyl (C=O) groups is 5. The lowest BCUT2D eigenvalue weighted by atomic mass is 9.49. The number of imide groups is 2. The van der Waals surface area contributed by atoms with E-state index in [4.69, 9.17) is 4.74 Å². The molecule has 3 aromatic carbocycles. The zero-order valence-corrected chi connectivity index (χ0v) is 31.9. The van der Waals surface area contributed by atoms with Gasteiger partial charge in [0.15, 0.2) is 0 Å². The molecule has 2 N–H and O–H groups in total. The van der Waals surface area contributed by atoms with E-state index in [9.17, 15) is 29.2 Å². The molecule has 5 aliphatic rings. The number of ether oxygens (including phenoxy) is 1. The summed E-state index contributed by atoms with van der Waals surface area (Å²) >= 11 is 0. The summed E-state index contributed by atoms with van der Waals surface area (Å²) in [7, 11) is 0. The van der Waals surface area contributed by atoms with E-state index in [0.29, 0.717) is 41.4 Å². The molecule has 12 heteroatoms. The third kappa shape index (κ3) is 6.15. The number of anilines is 1. The lowest BCUT2D eigenvalue weighted by Gasteiger charge is -2.63. The highest BCUT2D eigenvalue weighted by Crippen LogP contribution is 2.55. The predicted molar refractivity (Wildman–Crippen MR) is 203 cm³/mol. The fraction of sp³-hybridized carbons (Fsp3) is 0.442. The first kappa shape index (κ1) is 36.4. The largest absolute Gasteiger partial charge is 0.489 e. The first-order chi connectivity index (χ1) is 26.2. The molecule has 1 unspecified atom stereocenters. The first-order valence-electron chi connectivity index (χ1n) is 19.1. The maximum atomic E-state index is 13.5. The maximum absolute atomic E-state index is 13.5. The average molecular weight is 743 g/mol. The molecule has 1 atom stereocenters. The topological polar surface area (TPSA) is 152 Å². The van der Waals surface area contributed by atoms with Gasteiger partial charge in [0, 0.05) is 66.8 Å². The number of piperidine rings is 2. The van der Waals surface area contributed by atoms with E-state index in [2.05, 4.69) is 54.2 Å². The van der Waals surface area contributed by atoms with Crippen LogP contribution in [0.1, 0.15) is 107 Å². The van der Waals surface area contributed by atoms with Crippen molar-refractivity contribution in [2.45, 2.75) is 97.6 Å². The summed E-state index contributed by atoms with van der Waals surface area (Å²) in [6.07, 6.45) is 2.00. The summed E-state index contributed by atoms with van der Waals surface area (Å²) in [4.78, 5) is 70.1. The van der Waals surface area contributed by atoms with Crippen molar-refractivity contribution in [3.05, 3.63) is 93.5 Å². The summed E-state index contributed by atoms with van der Waals surface area (Å²) in [6.45, 7) is 13.5. The smallest absolute Gasteiger partial charge is 0.262 e. The number of hydrogen-bond acceptors (Lipinski definition) is 9. The number of nitrogens with zero attached hydrogens (tertiary/aromatic N) is 4. The van der Waals surface area contributed by atoms with Crippen molar-refractivity contribution >= 4 is 35.2 Å². The fourth-order valence-electron chi connectivity index (χ4n) is 9.95. The second kappa shape index (κ2) is 13.3. The van der Waals surface area contributed by atoms with Gasteiger partial charge in [-0.2, -0.15) is 5.26 Å². The van der Waals surface area contributed by atoms with Gasteiger partial charge in [-0.05, 0) is 97.5 Å². The Balaban J connectivity index is 0.846. The monoisotopic (exact) mass is 742 g/mol. The Hall–Kier alpha value is -5.54. The van der Waals surface area contributed by atoms with Crippen LogP contribution in [-0.2, 0) is 22.7 Å². The summed E-state index contributed by atoms with van der Waals surface area (Å²) < 4.78 is 6.46. The van der Waals surface area contributed by atoms with Gasteiger partial charge in [0.25, 0.3) is 17.7 Å². The van der Waals surface area contributed by atoms with Crippen molar-refractivity contribution in [3.8, 4) is 11.8 Å². The van der Waals surface area contributed by atoms with E-state index < -0.39 is 29.7 Å². The molecule has 5 amide bonds. The van der Waals surface area contributed by atoms with Crippen LogP contribution in [0.2, 0.25) is 0 Å². The predicted octanol–water partition coefficient (Wildman–Crippen LogP) is 4.86. The lowest BCUT2D eigenvalue weighted by molar-refractivity contribution is -0.164. The minimum atomic E-state index is -0.969. The Morgan fingerprint density at radius 2 is 1.49 bits per heavy atom. The van der Waals surface area contributed by atoms with Crippen LogP contribution in [0.15, 0.2) is 54.6 Å². The molecule has 4 heterocycles. The van der Waals surface area contributed by atoms with Gasteiger partial charge in [0.1, 0.15) is 17.9 Å². The summed E-state index contributed by atoms with van der Waals surface area (Å²) in [6, 6.07) is 18.4. The van der Waals surface area contributed by atoms with Crippen molar-refractivity contribution in [3.63, 3.8) is 0 Å². The fourth-order valence-corrected chi connectivity index (χ4v) is 9.95. The summed E-state index contributed by atoms with van der Waals surface area (Å²) in [5.41, 5.74) is 5.24. The van der Waals surface area contributed by atoms with E-state index in [1.807, 2.05) is 55.5 Å². The van der Waals surface area contributed by atoms with Crippen LogP contribution in [0.3, 0.4) is 0 Å². The van der Waals surface area contributed by atoms with Gasteiger partial charge in [-0.15, -0.1) is 0 Å². The third-order valence-electron chi connectivity index (χ3n) is 12.7. The molecule has 0 radical (unpaired) electrons. The Labute approximate surface area is 320 Å². The molecule has 4 aliphatic heterocycles. The molecule has 55 heavy (non-hydrogen) atoms. The standard InChI is InChI=1S/C43H46N6O6/c1-24-18-31(11-8-26(24)21-44)55-41-42(2,3)40(43(41,4)5)46-36(51)25-6-9-29(10-7-25)47-16-14-30(15-17-47)48-22-27-19-32-33(20-28(27)23-48)39(54)49(38(32)53)34-12-13-35(50)45-37(34)52/h6-11,18-20,30,34,40-41H,12-17,22-23H2,1-5H3,(H,46,51)(H,45,50,52). The number of rotatable bonds is 7. The highest BCUT2D eigenvalue weighted by molar-refractivity contribution is 6.23. The zero-order valence-electron chi connectivity index (χ0n) is 31.9. The summed E-state index contributed by atoms with van der Waals surface area (Å²) in [5, 5.41) is 14.8. The van der Waals surface area contributed by atoms with Crippen molar-refractivity contribution in [1.82, 2.24) is 20.4 Å². The molecular formula is C43H46N6O6. The van der Waals surface area contributed by atoms with E-state index in [-0.39, 0.29) is 41.7 Å². The van der Waals surface area contributed by atoms with Gasteiger partial charge in [-0.25, -0.2) is 0 Å². The SMILES string of the molecule is Cc1cc(OC2C(C)(C)C(NC(=O)c3ccc(N4CCC(N5Cc6cc7c(cc6C5)C(=O)N(C5CCC(=O)NC5=O)C7=O)CC4)cc3)C2(C)C)ccc1C#N. The number of amides is 5. The third-order valence-corrected chi connectivity index (χ3v) is 12.7. The van der Waals surface area contributed by atoms with Crippen LogP contribution in [0.5, 0.6) is 5.75 Å². The Bertz CT molecular complexity index is 2120. The van der Waals surface area contributed by atoms with E-state index in [0.717, 1.165) is 59.0 Å². The van der Waals surface area contributed by atoms with Crippen LogP contribution < -0.4 is 20.3 Å². The van der Waals surface area contributed by atoms with Crippen LogP contribution in [0.4, 0.5) is 5.69 Å². The molecule has 284 valence electrons. The van der Waals surface area contributed by atoms with Crippen LogP contribution in [0.25, 0.3) is 0 Å². The Morgan fingerprint density at radius 1 is 0.873 bits per heavy atom. The van der Waals surface area contributed by atoms with E-state index in [1.165, 1.54) is 0 Å².